The molecule has 0 spiro atoms. The molecule has 1 atom stereocenters. The van der Waals surface area contributed by atoms with Gasteiger partial charge in [0.2, 0.25) is 0 Å². The van der Waals surface area contributed by atoms with Gasteiger partial charge in [-0.2, -0.15) is 0 Å². The van der Waals surface area contributed by atoms with Gasteiger partial charge in [-0.3, -0.25) is 4.79 Å². The Morgan fingerprint density at radius 3 is 2.94 bits per heavy atom. The molecule has 5 nitrogen and oxygen atoms in total. The topological polar surface area (TPSA) is 64.3 Å². The number of aliphatic hydroxyl groups is 1. The molecule has 0 aliphatic carbocycles. The summed E-state index contributed by atoms with van der Waals surface area (Å²) in [5.41, 5.74) is 1.80. The van der Waals surface area contributed by atoms with Gasteiger partial charge < -0.3 is 14.4 Å². The zero-order valence-electron chi connectivity index (χ0n) is 11.0. The largest absolute Gasteiger partial charge is 0.468 e. The van der Waals surface area contributed by atoms with Crippen LogP contribution in [0.1, 0.15) is 49.3 Å². The summed E-state index contributed by atoms with van der Waals surface area (Å²) < 4.78 is 6.93. The Kier molecular flexibility index (Phi) is 4.01. The first kappa shape index (κ1) is 13.1. The highest BCUT2D eigenvalue weighted by molar-refractivity contribution is 5.77. The number of aromatic nitrogens is 2. The highest BCUT2D eigenvalue weighted by atomic mass is 16.5. The van der Waals surface area contributed by atoms with Crippen molar-refractivity contribution in [1.82, 2.24) is 9.55 Å². The fourth-order valence-electron chi connectivity index (χ4n) is 2.64. The van der Waals surface area contributed by atoms with E-state index in [2.05, 4.69) is 9.55 Å². The van der Waals surface area contributed by atoms with E-state index in [0.29, 0.717) is 12.1 Å². The first-order valence-electron chi connectivity index (χ1n) is 6.49. The minimum atomic E-state index is -0.327. The van der Waals surface area contributed by atoms with Crippen molar-refractivity contribution >= 4 is 5.97 Å². The molecular weight excluding hydrogens is 232 g/mol. The van der Waals surface area contributed by atoms with Crippen molar-refractivity contribution in [3.8, 4) is 0 Å². The third-order valence-corrected chi connectivity index (χ3v) is 3.59. The zero-order valence-corrected chi connectivity index (χ0v) is 11.0. The first-order chi connectivity index (χ1) is 8.72. The number of esters is 1. The van der Waals surface area contributed by atoms with Crippen molar-refractivity contribution in [2.24, 2.45) is 0 Å². The number of ether oxygens (including phenoxy) is 1. The second kappa shape index (κ2) is 5.52. The maximum atomic E-state index is 11.8. The summed E-state index contributed by atoms with van der Waals surface area (Å²) in [7, 11) is 1.40. The molecule has 5 heteroatoms. The summed E-state index contributed by atoms with van der Waals surface area (Å²) >= 11 is 0. The Hall–Kier alpha value is -1.36. The first-order valence-corrected chi connectivity index (χ1v) is 6.49. The summed E-state index contributed by atoms with van der Waals surface area (Å²) in [6, 6.07) is 0. The molecule has 1 aliphatic heterocycles. The van der Waals surface area contributed by atoms with E-state index in [0.717, 1.165) is 37.3 Å². The van der Waals surface area contributed by atoms with Crippen molar-refractivity contribution in [3.05, 3.63) is 17.2 Å². The standard InChI is InChI=1S/C13H20N2O3/c1-3-9(13(17)18-2)12-14-10(8-16)11-6-4-5-7-15(11)12/h9,16H,3-8H2,1-2H3. The minimum absolute atomic E-state index is 0.0626. The number of hydrogen-bond acceptors (Lipinski definition) is 4. The van der Waals surface area contributed by atoms with E-state index in [4.69, 9.17) is 4.74 Å². The number of fused-ring (bicyclic) bond motifs is 1. The van der Waals surface area contributed by atoms with E-state index in [1.807, 2.05) is 6.92 Å². The lowest BCUT2D eigenvalue weighted by Gasteiger charge is -2.20. The van der Waals surface area contributed by atoms with Gasteiger partial charge in [0, 0.05) is 12.2 Å². The van der Waals surface area contributed by atoms with Gasteiger partial charge in [-0.15, -0.1) is 0 Å². The third-order valence-electron chi connectivity index (χ3n) is 3.59. The lowest BCUT2D eigenvalue weighted by atomic mass is 10.0. The molecule has 1 N–H and O–H groups in total. The second-order valence-corrected chi connectivity index (χ2v) is 4.61. The van der Waals surface area contributed by atoms with Crippen molar-refractivity contribution in [3.63, 3.8) is 0 Å². The zero-order chi connectivity index (χ0) is 13.1. The fraction of sp³-hybridized carbons (Fsp3) is 0.692. The molecule has 2 heterocycles. The molecule has 1 aliphatic rings. The molecule has 100 valence electrons. The highest BCUT2D eigenvalue weighted by Crippen LogP contribution is 2.27. The van der Waals surface area contributed by atoms with Gasteiger partial charge in [-0.05, 0) is 25.7 Å². The van der Waals surface area contributed by atoms with Crippen LogP contribution in [0.15, 0.2) is 0 Å². The molecule has 1 aromatic heterocycles. The SMILES string of the molecule is CCC(C(=O)OC)c1nc(CO)c2n1CCCC2. The molecule has 0 radical (unpaired) electrons. The van der Waals surface area contributed by atoms with E-state index in [-0.39, 0.29) is 18.5 Å². The Labute approximate surface area is 107 Å². The van der Waals surface area contributed by atoms with Crippen molar-refractivity contribution in [2.75, 3.05) is 7.11 Å². The van der Waals surface area contributed by atoms with E-state index in [1.54, 1.807) is 0 Å². The van der Waals surface area contributed by atoms with Gasteiger partial charge in [0.1, 0.15) is 11.7 Å². The number of carbonyl (C=O) groups excluding carboxylic acids is 1. The number of methoxy groups -OCH3 is 1. The normalized spacial score (nSPS) is 16.2. The summed E-state index contributed by atoms with van der Waals surface area (Å²) in [4.78, 5) is 16.3. The predicted molar refractivity (Wildman–Crippen MR) is 66.1 cm³/mol. The van der Waals surface area contributed by atoms with E-state index < -0.39 is 0 Å². The maximum Gasteiger partial charge on any atom is 0.316 e. The molecule has 1 unspecified atom stereocenters. The van der Waals surface area contributed by atoms with E-state index >= 15 is 0 Å². The minimum Gasteiger partial charge on any atom is -0.468 e. The lowest BCUT2D eigenvalue weighted by Crippen LogP contribution is -2.21. The van der Waals surface area contributed by atoms with Crippen molar-refractivity contribution in [2.45, 2.75) is 51.7 Å². The number of carbonyl (C=O) groups is 1. The molecule has 0 bridgehead atoms. The lowest BCUT2D eigenvalue weighted by molar-refractivity contribution is -0.142. The molecule has 0 fully saturated rings. The van der Waals surface area contributed by atoms with Crippen LogP contribution in [-0.2, 0) is 29.1 Å². The molecule has 0 aromatic carbocycles. The molecule has 0 saturated carbocycles. The van der Waals surface area contributed by atoms with Crippen LogP contribution in [0, 0.1) is 0 Å². The summed E-state index contributed by atoms with van der Waals surface area (Å²) in [5.74, 6) is 0.176. The Morgan fingerprint density at radius 1 is 1.56 bits per heavy atom. The smallest absolute Gasteiger partial charge is 0.316 e. The van der Waals surface area contributed by atoms with Gasteiger partial charge in [-0.25, -0.2) is 4.98 Å². The monoisotopic (exact) mass is 252 g/mol. The van der Waals surface area contributed by atoms with Gasteiger partial charge in [0.25, 0.3) is 0 Å². The third kappa shape index (κ3) is 2.14. The number of nitrogens with zero attached hydrogens (tertiary/aromatic N) is 2. The van der Waals surface area contributed by atoms with Gasteiger partial charge >= 0.3 is 5.97 Å². The molecule has 2 rings (SSSR count). The summed E-state index contributed by atoms with van der Waals surface area (Å²) in [6.45, 7) is 2.77. The second-order valence-electron chi connectivity index (χ2n) is 4.61. The number of imidazole rings is 1. The molecule has 0 saturated heterocycles. The van der Waals surface area contributed by atoms with Crippen molar-refractivity contribution < 1.29 is 14.6 Å². The predicted octanol–water partition coefficient (Wildman–Crippen LogP) is 1.38. The van der Waals surface area contributed by atoms with Crippen LogP contribution in [-0.4, -0.2) is 27.7 Å². The van der Waals surface area contributed by atoms with Crippen LogP contribution < -0.4 is 0 Å². The van der Waals surface area contributed by atoms with Gasteiger partial charge in [0.15, 0.2) is 0 Å². The number of rotatable bonds is 4. The van der Waals surface area contributed by atoms with Crippen LogP contribution in [0.2, 0.25) is 0 Å². The number of hydrogen-bond donors (Lipinski definition) is 1. The fourth-order valence-corrected chi connectivity index (χ4v) is 2.64. The van der Waals surface area contributed by atoms with Crippen LogP contribution in [0.5, 0.6) is 0 Å². The average Bonchev–Trinajstić information content (AvgIpc) is 2.78. The van der Waals surface area contributed by atoms with E-state index in [9.17, 15) is 9.90 Å². The van der Waals surface area contributed by atoms with E-state index in [1.165, 1.54) is 7.11 Å². The Bertz CT molecular complexity index is 440. The number of aliphatic hydroxyl groups excluding tert-OH is 1. The molecule has 0 amide bonds. The summed E-state index contributed by atoms with van der Waals surface area (Å²) in [5, 5.41) is 9.37. The van der Waals surface area contributed by atoms with Crippen LogP contribution in [0.3, 0.4) is 0 Å². The average molecular weight is 252 g/mol. The molecule has 1 aromatic rings. The highest BCUT2D eigenvalue weighted by Gasteiger charge is 2.28. The molecular formula is C13H20N2O3. The van der Waals surface area contributed by atoms with Crippen molar-refractivity contribution in [1.29, 1.82) is 0 Å². The quantitative estimate of drug-likeness (QED) is 0.822. The van der Waals surface area contributed by atoms with Gasteiger partial charge in [-0.1, -0.05) is 6.92 Å². The Balaban J connectivity index is 2.43. The van der Waals surface area contributed by atoms with Crippen LogP contribution in [0.25, 0.3) is 0 Å². The van der Waals surface area contributed by atoms with Crippen LogP contribution >= 0.6 is 0 Å². The molecule has 18 heavy (non-hydrogen) atoms. The summed E-state index contributed by atoms with van der Waals surface area (Å²) in [6.07, 6.45) is 3.81. The van der Waals surface area contributed by atoms with Crippen LogP contribution in [0.4, 0.5) is 0 Å². The van der Waals surface area contributed by atoms with Gasteiger partial charge in [0.05, 0.1) is 19.4 Å². The maximum absolute atomic E-state index is 11.8. The Morgan fingerprint density at radius 2 is 2.33 bits per heavy atom.